The van der Waals surface area contributed by atoms with Crippen LogP contribution in [0.2, 0.25) is 0 Å². The predicted octanol–water partition coefficient (Wildman–Crippen LogP) is 4.19. The molecule has 8 heteroatoms. The number of carbonyl (C=O) groups excluding carboxylic acids is 1. The molecule has 3 aromatic rings. The number of aliphatic hydroxyl groups is 1. The quantitative estimate of drug-likeness (QED) is 0.473. The molecule has 0 radical (unpaired) electrons. The molecule has 0 saturated carbocycles. The van der Waals surface area contributed by atoms with E-state index in [1.54, 1.807) is 13.3 Å². The van der Waals surface area contributed by atoms with Crippen LogP contribution in [0.15, 0.2) is 54.9 Å². The number of fused-ring (bicyclic) bond motifs is 1. The number of nitrogens with zero attached hydrogens (tertiary/aromatic N) is 2. The lowest BCUT2D eigenvalue weighted by atomic mass is 9.94. The van der Waals surface area contributed by atoms with Crippen molar-refractivity contribution in [3.05, 3.63) is 88.5 Å². The second-order valence-electron chi connectivity index (χ2n) is 9.48. The Morgan fingerprint density at radius 1 is 1.20 bits per heavy atom. The lowest BCUT2D eigenvalue weighted by Crippen LogP contribution is -2.32. The summed E-state index contributed by atoms with van der Waals surface area (Å²) in [6.45, 7) is 6.93. The number of hydrogen-bond acceptors (Lipinski definition) is 6. The van der Waals surface area contributed by atoms with Crippen LogP contribution >= 0.6 is 0 Å². The highest BCUT2D eigenvalue weighted by molar-refractivity contribution is 5.84. The molecule has 1 aliphatic rings. The minimum atomic E-state index is -0.853. The zero-order valence-electron chi connectivity index (χ0n) is 20.5. The van der Waals surface area contributed by atoms with Crippen molar-refractivity contribution in [3.8, 4) is 0 Å². The first-order valence-corrected chi connectivity index (χ1v) is 11.6. The van der Waals surface area contributed by atoms with E-state index in [9.17, 15) is 9.90 Å². The van der Waals surface area contributed by atoms with Gasteiger partial charge in [-0.3, -0.25) is 0 Å². The summed E-state index contributed by atoms with van der Waals surface area (Å²) >= 11 is 0. The van der Waals surface area contributed by atoms with Crippen molar-refractivity contribution in [2.24, 2.45) is 0 Å². The Labute approximate surface area is 205 Å². The molecule has 0 bridgehead atoms. The molecule has 1 unspecified atom stereocenters. The third kappa shape index (κ3) is 6.09. The third-order valence-corrected chi connectivity index (χ3v) is 5.62. The van der Waals surface area contributed by atoms with Gasteiger partial charge in [0, 0.05) is 43.9 Å². The van der Waals surface area contributed by atoms with Gasteiger partial charge in [-0.05, 0) is 49.1 Å². The highest BCUT2D eigenvalue weighted by atomic mass is 16.6. The fraction of sp³-hybridized carbons (Fsp3) is 0.333. The van der Waals surface area contributed by atoms with Crippen molar-refractivity contribution in [1.82, 2.24) is 20.2 Å². The largest absolute Gasteiger partial charge is 0.444 e. The van der Waals surface area contributed by atoms with Crippen molar-refractivity contribution in [3.63, 3.8) is 0 Å². The third-order valence-electron chi connectivity index (χ3n) is 5.62. The molecule has 0 aliphatic carbocycles. The molecular formula is C27H32N4O4. The van der Waals surface area contributed by atoms with Gasteiger partial charge in [-0.15, -0.1) is 0 Å². The predicted molar refractivity (Wildman–Crippen MR) is 134 cm³/mol. The van der Waals surface area contributed by atoms with Crippen molar-refractivity contribution < 1.29 is 19.4 Å². The van der Waals surface area contributed by atoms with E-state index in [0.717, 1.165) is 39.3 Å². The highest BCUT2D eigenvalue weighted by Gasteiger charge is 2.22. The molecule has 3 N–H and O–H groups in total. The molecule has 184 valence electrons. The second-order valence-corrected chi connectivity index (χ2v) is 9.48. The van der Waals surface area contributed by atoms with Gasteiger partial charge in [-0.2, -0.15) is 0 Å². The molecular weight excluding hydrogens is 444 g/mol. The highest BCUT2D eigenvalue weighted by Crippen LogP contribution is 2.31. The number of carbonyl (C=O) groups is 1. The normalized spacial score (nSPS) is 15.1. The number of hydrogen-bond donors (Lipinski definition) is 3. The number of methoxy groups -OCH3 is 1. The average Bonchev–Trinajstić information content (AvgIpc) is 3.24. The zero-order valence-corrected chi connectivity index (χ0v) is 20.5. The number of alkyl carbamates (subject to hydrolysis) is 1. The number of imidazole rings is 1. The van der Waals surface area contributed by atoms with Crippen LogP contribution in [0.3, 0.4) is 0 Å². The summed E-state index contributed by atoms with van der Waals surface area (Å²) in [5, 5.41) is 16.8. The van der Waals surface area contributed by atoms with Crippen molar-refractivity contribution in [1.29, 1.82) is 0 Å². The van der Waals surface area contributed by atoms with Gasteiger partial charge >= 0.3 is 6.09 Å². The van der Waals surface area contributed by atoms with Crippen molar-refractivity contribution in [2.45, 2.75) is 52.3 Å². The van der Waals surface area contributed by atoms with Gasteiger partial charge < -0.3 is 29.8 Å². The number of benzene rings is 2. The minimum Gasteiger partial charge on any atom is -0.444 e. The number of rotatable bonds is 7. The molecule has 1 atom stereocenters. The Morgan fingerprint density at radius 3 is 2.69 bits per heavy atom. The standard InChI is InChI=1S/C27H32N4O4/c1-27(2,3)35-26(33)29-15-20-6-5-7-21-22(20)14-23(30-25(21)32)19-10-8-18(9-11-19)16-31-13-12-28-24(31)17-34-4/h5-14,25,30,32H,15-17H2,1-4H3,(H,29,33). The van der Waals surface area contributed by atoms with E-state index in [1.807, 2.05) is 63.4 Å². The van der Waals surface area contributed by atoms with E-state index in [0.29, 0.717) is 19.7 Å². The van der Waals surface area contributed by atoms with Crippen LogP contribution in [0.25, 0.3) is 11.8 Å². The Morgan fingerprint density at radius 2 is 1.97 bits per heavy atom. The molecule has 0 saturated heterocycles. The summed E-state index contributed by atoms with van der Waals surface area (Å²) in [6.07, 6.45) is 4.39. The molecule has 1 aromatic heterocycles. The summed E-state index contributed by atoms with van der Waals surface area (Å²) in [5.41, 5.74) is 4.87. The van der Waals surface area contributed by atoms with Crippen LogP contribution in [0.1, 0.15) is 60.6 Å². The van der Waals surface area contributed by atoms with Gasteiger partial charge in [-0.25, -0.2) is 9.78 Å². The van der Waals surface area contributed by atoms with Crippen molar-refractivity contribution >= 4 is 17.9 Å². The van der Waals surface area contributed by atoms with Crippen LogP contribution in [0, 0.1) is 0 Å². The van der Waals surface area contributed by atoms with Gasteiger partial charge in [0.05, 0.1) is 0 Å². The van der Waals surface area contributed by atoms with E-state index >= 15 is 0 Å². The maximum absolute atomic E-state index is 12.1. The summed E-state index contributed by atoms with van der Waals surface area (Å²) in [6, 6.07) is 13.9. The van der Waals surface area contributed by atoms with Crippen LogP contribution in [0.5, 0.6) is 0 Å². The topological polar surface area (TPSA) is 97.6 Å². The average molecular weight is 477 g/mol. The maximum Gasteiger partial charge on any atom is 0.407 e. The van der Waals surface area contributed by atoms with E-state index < -0.39 is 17.9 Å². The summed E-state index contributed by atoms with van der Waals surface area (Å²) < 4.78 is 12.6. The fourth-order valence-corrected chi connectivity index (χ4v) is 4.00. The monoisotopic (exact) mass is 476 g/mol. The molecule has 2 heterocycles. The van der Waals surface area contributed by atoms with E-state index in [2.05, 4.69) is 32.3 Å². The first-order valence-electron chi connectivity index (χ1n) is 11.6. The number of aromatic nitrogens is 2. The van der Waals surface area contributed by atoms with E-state index in [4.69, 9.17) is 9.47 Å². The van der Waals surface area contributed by atoms with Gasteiger partial charge in [0.25, 0.3) is 0 Å². The first-order chi connectivity index (χ1) is 16.7. The molecule has 2 aromatic carbocycles. The zero-order chi connectivity index (χ0) is 25.0. The van der Waals surface area contributed by atoms with Gasteiger partial charge in [0.15, 0.2) is 6.23 Å². The Balaban J connectivity index is 1.52. The molecule has 1 aliphatic heterocycles. The molecule has 0 fully saturated rings. The molecule has 4 rings (SSSR count). The Hall–Kier alpha value is -3.62. The molecule has 35 heavy (non-hydrogen) atoms. The smallest absolute Gasteiger partial charge is 0.407 e. The molecule has 0 spiro atoms. The SMILES string of the molecule is COCc1nccn1Cc1ccc(C2=Cc3c(CNC(=O)OC(C)(C)C)cccc3C(O)N2)cc1. The van der Waals surface area contributed by atoms with Gasteiger partial charge in [-0.1, -0.05) is 42.5 Å². The van der Waals surface area contributed by atoms with Crippen LogP contribution in [-0.2, 0) is 29.2 Å². The first kappa shape index (κ1) is 24.5. The van der Waals surface area contributed by atoms with Crippen molar-refractivity contribution in [2.75, 3.05) is 7.11 Å². The number of ether oxygens (including phenoxy) is 2. The summed E-state index contributed by atoms with van der Waals surface area (Å²) in [4.78, 5) is 16.5. The summed E-state index contributed by atoms with van der Waals surface area (Å²) in [5.74, 6) is 0.875. The Kier molecular flexibility index (Phi) is 7.23. The van der Waals surface area contributed by atoms with Crippen LogP contribution < -0.4 is 10.6 Å². The second kappa shape index (κ2) is 10.3. The van der Waals surface area contributed by atoms with Crippen LogP contribution in [-0.4, -0.2) is 33.5 Å². The number of nitrogens with one attached hydrogen (secondary N) is 2. The minimum absolute atomic E-state index is 0.294. The van der Waals surface area contributed by atoms with Crippen LogP contribution in [0.4, 0.5) is 4.79 Å². The van der Waals surface area contributed by atoms with E-state index in [-0.39, 0.29) is 0 Å². The fourth-order valence-electron chi connectivity index (χ4n) is 4.00. The maximum atomic E-state index is 12.1. The molecule has 8 nitrogen and oxygen atoms in total. The Bertz CT molecular complexity index is 1210. The van der Waals surface area contributed by atoms with E-state index in [1.165, 1.54) is 0 Å². The van der Waals surface area contributed by atoms with Gasteiger partial charge in [0.2, 0.25) is 0 Å². The summed E-state index contributed by atoms with van der Waals surface area (Å²) in [7, 11) is 1.66. The molecule has 1 amide bonds. The lowest BCUT2D eigenvalue weighted by molar-refractivity contribution is 0.0523. The van der Waals surface area contributed by atoms with Gasteiger partial charge in [0.1, 0.15) is 18.0 Å². The number of amides is 1. The lowest BCUT2D eigenvalue weighted by Gasteiger charge is -2.26. The number of aliphatic hydroxyl groups excluding tert-OH is 1.